The number of pyridine rings is 1. The Balaban J connectivity index is 1.92. The molecule has 3 rings (SSSR count). The summed E-state index contributed by atoms with van der Waals surface area (Å²) in [7, 11) is 0. The first-order chi connectivity index (χ1) is 9.92. The molecule has 2 aliphatic carbocycles. The zero-order valence-electron chi connectivity index (χ0n) is 13.3. The van der Waals surface area contributed by atoms with Crippen molar-refractivity contribution in [1.29, 1.82) is 0 Å². The second-order valence-electron chi connectivity index (χ2n) is 7.58. The fraction of sp³-hybridized carbons (Fsp3) is 0.706. The summed E-state index contributed by atoms with van der Waals surface area (Å²) in [4.78, 5) is 4.63. The van der Waals surface area contributed by atoms with Crippen LogP contribution < -0.4 is 4.72 Å². The molecule has 1 heterocycles. The molecule has 2 atom stereocenters. The van der Waals surface area contributed by atoms with Gasteiger partial charge in [-0.15, -0.1) is 4.72 Å². The highest BCUT2D eigenvalue weighted by Gasteiger charge is 2.50. The van der Waals surface area contributed by atoms with Gasteiger partial charge in [-0.2, -0.15) is 0 Å². The Morgan fingerprint density at radius 2 is 2.00 bits per heavy atom. The summed E-state index contributed by atoms with van der Waals surface area (Å²) in [6.07, 6.45) is 9.32. The van der Waals surface area contributed by atoms with Gasteiger partial charge in [-0.05, 0) is 57.1 Å². The van der Waals surface area contributed by atoms with E-state index in [0.29, 0.717) is 0 Å². The van der Waals surface area contributed by atoms with Gasteiger partial charge in [0.15, 0.2) is 0 Å². The van der Waals surface area contributed by atoms with E-state index in [-0.39, 0.29) is 16.2 Å². The van der Waals surface area contributed by atoms with Crippen molar-refractivity contribution in [2.75, 3.05) is 0 Å². The fourth-order valence-corrected chi connectivity index (χ4v) is 4.75. The van der Waals surface area contributed by atoms with Crippen molar-refractivity contribution in [3.8, 4) is 0 Å². The van der Waals surface area contributed by atoms with Gasteiger partial charge in [0.2, 0.25) is 0 Å². The molecule has 1 aromatic rings. The molecule has 0 aliphatic heterocycles. The van der Waals surface area contributed by atoms with Crippen molar-refractivity contribution in [2.45, 2.75) is 70.1 Å². The van der Waals surface area contributed by atoms with Crippen molar-refractivity contribution >= 4 is 11.4 Å². The summed E-state index contributed by atoms with van der Waals surface area (Å²) in [6, 6.07) is 4.37. The summed E-state index contributed by atoms with van der Waals surface area (Å²) in [5.41, 5.74) is 2.72. The predicted molar refractivity (Wildman–Crippen MR) is 87.2 cm³/mol. The first-order valence-electron chi connectivity index (χ1n) is 8.04. The van der Waals surface area contributed by atoms with E-state index in [1.54, 1.807) is 0 Å². The number of fused-ring (bicyclic) bond motifs is 1. The van der Waals surface area contributed by atoms with Crippen LogP contribution in [0.2, 0.25) is 0 Å². The van der Waals surface area contributed by atoms with Gasteiger partial charge in [-0.1, -0.05) is 25.3 Å². The zero-order chi connectivity index (χ0) is 15.1. The monoisotopic (exact) mass is 306 g/mol. The largest absolute Gasteiger partial charge is 0.598 e. The second kappa shape index (κ2) is 5.56. The summed E-state index contributed by atoms with van der Waals surface area (Å²) >= 11 is -1.05. The van der Waals surface area contributed by atoms with E-state index in [9.17, 15) is 4.55 Å². The second-order valence-corrected chi connectivity index (χ2v) is 9.58. The van der Waals surface area contributed by atoms with Crippen molar-refractivity contribution in [1.82, 2.24) is 9.71 Å². The topological polar surface area (TPSA) is 48.0 Å². The van der Waals surface area contributed by atoms with Gasteiger partial charge in [-0.25, -0.2) is 0 Å². The minimum atomic E-state index is -1.05. The highest BCUT2D eigenvalue weighted by molar-refractivity contribution is 7.90. The highest BCUT2D eigenvalue weighted by atomic mass is 32.2. The van der Waals surface area contributed by atoms with Crippen LogP contribution in [0.5, 0.6) is 0 Å². The van der Waals surface area contributed by atoms with Crippen LogP contribution in [0.1, 0.15) is 70.2 Å². The molecule has 0 bridgehead atoms. The lowest BCUT2D eigenvalue weighted by Gasteiger charge is -2.40. The molecule has 1 saturated carbocycles. The van der Waals surface area contributed by atoms with Crippen LogP contribution in [-0.2, 0) is 17.8 Å². The van der Waals surface area contributed by atoms with Crippen molar-refractivity contribution in [3.05, 3.63) is 29.6 Å². The zero-order valence-corrected chi connectivity index (χ0v) is 14.1. The van der Waals surface area contributed by atoms with E-state index in [4.69, 9.17) is 0 Å². The van der Waals surface area contributed by atoms with Gasteiger partial charge >= 0.3 is 0 Å². The van der Waals surface area contributed by atoms with E-state index in [2.05, 4.69) is 15.8 Å². The van der Waals surface area contributed by atoms with Gasteiger partial charge in [0.25, 0.3) is 0 Å². The quantitative estimate of drug-likeness (QED) is 0.848. The van der Waals surface area contributed by atoms with Crippen LogP contribution in [0.3, 0.4) is 0 Å². The first-order valence-corrected chi connectivity index (χ1v) is 9.19. The SMILES string of the molecule is CC(C)(C)[S@@+]([O-])N[C@@H]1c2ncccc2CC12CCCCC2. The van der Waals surface area contributed by atoms with Crippen LogP contribution in [-0.4, -0.2) is 14.3 Å². The van der Waals surface area contributed by atoms with Crippen LogP contribution in [0.15, 0.2) is 18.3 Å². The molecule has 2 aliphatic rings. The minimum Gasteiger partial charge on any atom is -0.598 e. The maximum atomic E-state index is 12.6. The van der Waals surface area contributed by atoms with Gasteiger partial charge in [0.05, 0.1) is 5.69 Å². The van der Waals surface area contributed by atoms with E-state index in [1.165, 1.54) is 37.7 Å². The van der Waals surface area contributed by atoms with Crippen LogP contribution in [0.25, 0.3) is 0 Å². The molecule has 0 radical (unpaired) electrons. The molecule has 1 fully saturated rings. The first kappa shape index (κ1) is 15.3. The summed E-state index contributed by atoms with van der Waals surface area (Å²) < 4.78 is 15.8. The normalized spacial score (nSPS) is 25.8. The molecule has 1 spiro atoms. The lowest BCUT2D eigenvalue weighted by atomic mass is 9.70. The average Bonchev–Trinajstić information content (AvgIpc) is 2.72. The Kier molecular flexibility index (Phi) is 4.06. The van der Waals surface area contributed by atoms with Crippen LogP contribution >= 0.6 is 0 Å². The third kappa shape index (κ3) is 2.86. The standard InChI is InChI=1S/C17H26N2OS/c1-16(2,3)21(20)19-15-14-13(8-7-11-18-14)12-17(15)9-5-4-6-10-17/h7-8,11,15,19H,4-6,9-10,12H2,1-3H3/t15-,21-/m1/s1. The average molecular weight is 306 g/mol. The number of aromatic nitrogens is 1. The number of nitrogens with one attached hydrogen (secondary N) is 1. The molecule has 1 N–H and O–H groups in total. The van der Waals surface area contributed by atoms with Gasteiger partial charge in [0, 0.05) is 17.6 Å². The molecule has 0 unspecified atom stereocenters. The summed E-state index contributed by atoms with van der Waals surface area (Å²) in [5, 5.41) is 0. The van der Waals surface area contributed by atoms with Crippen LogP contribution in [0, 0.1) is 5.41 Å². The predicted octanol–water partition coefficient (Wildman–Crippen LogP) is 3.68. The molecular weight excluding hydrogens is 280 g/mol. The molecule has 1 aromatic heterocycles. The summed E-state index contributed by atoms with van der Waals surface area (Å²) in [6.45, 7) is 6.08. The van der Waals surface area contributed by atoms with Crippen LogP contribution in [0.4, 0.5) is 0 Å². The number of hydrogen-bond donors (Lipinski definition) is 1. The maximum Gasteiger partial charge on any atom is 0.136 e. The molecule has 0 amide bonds. The van der Waals surface area contributed by atoms with E-state index in [1.807, 2.05) is 33.0 Å². The number of hydrogen-bond acceptors (Lipinski definition) is 3. The molecular formula is C17H26N2OS. The number of nitrogens with zero attached hydrogens (tertiary/aromatic N) is 1. The highest BCUT2D eigenvalue weighted by Crippen LogP contribution is 2.53. The maximum absolute atomic E-state index is 12.6. The Morgan fingerprint density at radius 3 is 2.67 bits per heavy atom. The van der Waals surface area contributed by atoms with Gasteiger partial charge in [0.1, 0.15) is 10.8 Å². The minimum absolute atomic E-state index is 0.147. The van der Waals surface area contributed by atoms with Gasteiger partial charge in [-0.3, -0.25) is 4.98 Å². The lowest BCUT2D eigenvalue weighted by molar-refractivity contribution is 0.151. The molecule has 21 heavy (non-hydrogen) atoms. The lowest BCUT2D eigenvalue weighted by Crippen LogP contribution is -2.46. The Hall–Kier alpha value is -0.580. The molecule has 4 heteroatoms. The fourth-order valence-electron chi connectivity index (χ4n) is 3.82. The molecule has 116 valence electrons. The van der Waals surface area contributed by atoms with E-state index >= 15 is 0 Å². The smallest absolute Gasteiger partial charge is 0.136 e. The number of rotatable bonds is 2. The molecule has 0 saturated heterocycles. The Labute approximate surface area is 131 Å². The third-order valence-corrected chi connectivity index (χ3v) is 6.55. The molecule has 3 nitrogen and oxygen atoms in total. The summed E-state index contributed by atoms with van der Waals surface area (Å²) in [5.74, 6) is 0. The Morgan fingerprint density at radius 1 is 1.29 bits per heavy atom. The van der Waals surface area contributed by atoms with Gasteiger partial charge < -0.3 is 4.55 Å². The van der Waals surface area contributed by atoms with Crippen molar-refractivity contribution in [2.24, 2.45) is 5.41 Å². The van der Waals surface area contributed by atoms with E-state index < -0.39 is 11.4 Å². The van der Waals surface area contributed by atoms with Crippen molar-refractivity contribution < 1.29 is 4.55 Å². The van der Waals surface area contributed by atoms with E-state index in [0.717, 1.165) is 12.1 Å². The Bertz CT molecular complexity index is 506. The molecule has 0 aromatic carbocycles. The van der Waals surface area contributed by atoms with Crippen molar-refractivity contribution in [3.63, 3.8) is 0 Å². The third-order valence-electron chi connectivity index (χ3n) is 4.98.